The van der Waals surface area contributed by atoms with Crippen LogP contribution < -0.4 is 10.4 Å². The normalized spacial score (nSPS) is 19.1. The second kappa shape index (κ2) is 3.26. The molecule has 1 N–H and O–H groups in total. The molecule has 1 aliphatic rings. The van der Waals surface area contributed by atoms with Gasteiger partial charge in [-0.1, -0.05) is 18.2 Å². The molecule has 1 saturated heterocycles. The zero-order chi connectivity index (χ0) is 11.1. The molecule has 0 atom stereocenters. The van der Waals surface area contributed by atoms with Crippen LogP contribution in [0.2, 0.25) is 0 Å². The van der Waals surface area contributed by atoms with Crippen molar-refractivity contribution in [3.63, 3.8) is 0 Å². The maximum absolute atomic E-state index is 11.6. The number of benzene rings is 1. The second-order valence-corrected chi connectivity index (χ2v) is 4.70. The van der Waals surface area contributed by atoms with E-state index < -0.39 is 0 Å². The van der Waals surface area contributed by atoms with E-state index in [1.807, 2.05) is 50.0 Å². The Hall–Kier alpha value is -1.51. The molecule has 0 unspecified atom stereocenters. The summed E-state index contributed by atoms with van der Waals surface area (Å²) in [6.45, 7) is 6.69. The quantitative estimate of drug-likeness (QED) is 0.757. The molecule has 0 saturated carbocycles. The van der Waals surface area contributed by atoms with Crippen molar-refractivity contribution in [1.29, 1.82) is 0 Å². The summed E-state index contributed by atoms with van der Waals surface area (Å²) in [5, 5.41) is 1.93. The van der Waals surface area contributed by atoms with Crippen molar-refractivity contribution < 1.29 is 4.79 Å². The van der Waals surface area contributed by atoms with Crippen LogP contribution in [-0.2, 0) is 4.79 Å². The first kappa shape index (κ1) is 10.0. The number of hydrogen-bond donors (Lipinski definition) is 1. The summed E-state index contributed by atoms with van der Waals surface area (Å²) in [6, 6.07) is 8.06. The highest BCUT2D eigenvalue weighted by Gasteiger charge is 2.38. The van der Waals surface area contributed by atoms with E-state index in [1.165, 1.54) is 5.56 Å². The Bertz CT molecular complexity index is 398. The average molecular weight is 204 g/mol. The third kappa shape index (κ3) is 1.69. The van der Waals surface area contributed by atoms with E-state index in [1.54, 1.807) is 0 Å². The Labute approximate surface area is 90.1 Å². The summed E-state index contributed by atoms with van der Waals surface area (Å²) in [5.74, 6) is 0.0887. The van der Waals surface area contributed by atoms with Gasteiger partial charge in [-0.25, -0.2) is 0 Å². The molecule has 1 aromatic rings. The molecule has 0 spiro atoms. The van der Waals surface area contributed by atoms with Crippen LogP contribution in [0.25, 0.3) is 0 Å². The van der Waals surface area contributed by atoms with Crippen LogP contribution in [0.1, 0.15) is 19.4 Å². The molecule has 1 aromatic carbocycles. The number of para-hydroxylation sites is 1. The fourth-order valence-electron chi connectivity index (χ4n) is 1.79. The molecular weight excluding hydrogens is 188 g/mol. The van der Waals surface area contributed by atoms with Gasteiger partial charge in [-0.2, -0.15) is 0 Å². The molecule has 15 heavy (non-hydrogen) atoms. The van der Waals surface area contributed by atoms with E-state index in [9.17, 15) is 4.79 Å². The molecule has 1 fully saturated rings. The summed E-state index contributed by atoms with van der Waals surface area (Å²) in [6.07, 6.45) is 0. The Morgan fingerprint density at radius 3 is 2.53 bits per heavy atom. The molecule has 2 rings (SSSR count). The Morgan fingerprint density at radius 1 is 1.33 bits per heavy atom. The van der Waals surface area contributed by atoms with Crippen LogP contribution in [0, 0.1) is 12.3 Å². The lowest BCUT2D eigenvalue weighted by atomic mass is 9.94. The first-order valence-corrected chi connectivity index (χ1v) is 5.15. The SMILES string of the molecule is Cc1ccccc1N1CC(C)(C)C(=O)N1. The van der Waals surface area contributed by atoms with Crippen LogP contribution in [0.4, 0.5) is 5.69 Å². The standard InChI is InChI=1S/C12H16N2O/c1-9-6-4-5-7-10(9)14-8-12(2,3)11(15)13-14/h4-7H,8H2,1-3H3,(H,13,15). The Balaban J connectivity index is 2.29. The predicted molar refractivity (Wildman–Crippen MR) is 60.4 cm³/mol. The van der Waals surface area contributed by atoms with Gasteiger partial charge in [-0.05, 0) is 32.4 Å². The van der Waals surface area contributed by atoms with Gasteiger partial charge < -0.3 is 0 Å². The molecule has 1 aliphatic heterocycles. The zero-order valence-electron chi connectivity index (χ0n) is 9.37. The lowest BCUT2D eigenvalue weighted by Crippen LogP contribution is -2.33. The molecule has 3 heteroatoms. The maximum atomic E-state index is 11.6. The molecule has 0 aliphatic carbocycles. The third-order valence-corrected chi connectivity index (χ3v) is 2.81. The lowest BCUT2D eigenvalue weighted by molar-refractivity contribution is -0.125. The summed E-state index contributed by atoms with van der Waals surface area (Å²) >= 11 is 0. The minimum Gasteiger partial charge on any atom is -0.284 e. The van der Waals surface area contributed by atoms with Gasteiger partial charge in [0.2, 0.25) is 5.91 Å². The van der Waals surface area contributed by atoms with Gasteiger partial charge in [0.1, 0.15) is 0 Å². The number of aryl methyl sites for hydroxylation is 1. The van der Waals surface area contributed by atoms with Crippen molar-refractivity contribution >= 4 is 11.6 Å². The van der Waals surface area contributed by atoms with Gasteiger partial charge in [0.05, 0.1) is 17.6 Å². The van der Waals surface area contributed by atoms with Crippen molar-refractivity contribution in [2.45, 2.75) is 20.8 Å². The Morgan fingerprint density at radius 2 is 2.00 bits per heavy atom. The van der Waals surface area contributed by atoms with E-state index >= 15 is 0 Å². The van der Waals surface area contributed by atoms with Gasteiger partial charge in [0.15, 0.2) is 0 Å². The van der Waals surface area contributed by atoms with E-state index in [4.69, 9.17) is 0 Å². The van der Waals surface area contributed by atoms with Gasteiger partial charge in [-0.15, -0.1) is 0 Å². The third-order valence-electron chi connectivity index (χ3n) is 2.81. The first-order valence-electron chi connectivity index (χ1n) is 5.15. The van der Waals surface area contributed by atoms with Crippen LogP contribution in [0.15, 0.2) is 24.3 Å². The van der Waals surface area contributed by atoms with Crippen LogP contribution in [0.5, 0.6) is 0 Å². The molecular formula is C12H16N2O. The lowest BCUT2D eigenvalue weighted by Gasteiger charge is -2.20. The minimum absolute atomic E-state index is 0.0887. The number of carbonyl (C=O) groups is 1. The highest BCUT2D eigenvalue weighted by Crippen LogP contribution is 2.28. The number of rotatable bonds is 1. The fraction of sp³-hybridized carbons (Fsp3) is 0.417. The number of nitrogens with zero attached hydrogens (tertiary/aromatic N) is 1. The van der Waals surface area contributed by atoms with Gasteiger partial charge in [0.25, 0.3) is 0 Å². The molecule has 0 aromatic heterocycles. The summed E-state index contributed by atoms with van der Waals surface area (Å²) in [7, 11) is 0. The smallest absolute Gasteiger partial charge is 0.246 e. The number of amides is 1. The highest BCUT2D eigenvalue weighted by molar-refractivity contribution is 5.87. The van der Waals surface area contributed by atoms with E-state index in [2.05, 4.69) is 5.43 Å². The first-order chi connectivity index (χ1) is 7.00. The molecule has 80 valence electrons. The minimum atomic E-state index is -0.303. The van der Waals surface area contributed by atoms with Crippen LogP contribution in [0.3, 0.4) is 0 Å². The number of hydrazine groups is 1. The van der Waals surface area contributed by atoms with Crippen molar-refractivity contribution in [1.82, 2.24) is 5.43 Å². The van der Waals surface area contributed by atoms with Crippen molar-refractivity contribution in [3.8, 4) is 0 Å². The van der Waals surface area contributed by atoms with Crippen LogP contribution >= 0.6 is 0 Å². The number of carbonyl (C=O) groups excluding carboxylic acids is 1. The van der Waals surface area contributed by atoms with E-state index in [0.29, 0.717) is 0 Å². The van der Waals surface area contributed by atoms with E-state index in [-0.39, 0.29) is 11.3 Å². The molecule has 3 nitrogen and oxygen atoms in total. The zero-order valence-corrected chi connectivity index (χ0v) is 9.37. The van der Waals surface area contributed by atoms with E-state index in [0.717, 1.165) is 12.2 Å². The predicted octanol–water partition coefficient (Wildman–Crippen LogP) is 1.87. The number of nitrogens with one attached hydrogen (secondary N) is 1. The molecule has 1 amide bonds. The summed E-state index contributed by atoms with van der Waals surface area (Å²) < 4.78 is 0. The van der Waals surface area contributed by atoms with Crippen LogP contribution in [-0.4, -0.2) is 12.5 Å². The number of hydrogen-bond acceptors (Lipinski definition) is 2. The topological polar surface area (TPSA) is 32.3 Å². The monoisotopic (exact) mass is 204 g/mol. The second-order valence-electron chi connectivity index (χ2n) is 4.70. The van der Waals surface area contributed by atoms with Gasteiger partial charge >= 0.3 is 0 Å². The van der Waals surface area contributed by atoms with Crippen molar-refractivity contribution in [2.24, 2.45) is 5.41 Å². The molecule has 0 radical (unpaired) electrons. The maximum Gasteiger partial charge on any atom is 0.246 e. The Kier molecular flexibility index (Phi) is 2.18. The number of anilines is 1. The van der Waals surface area contributed by atoms with Gasteiger partial charge in [-0.3, -0.25) is 15.2 Å². The average Bonchev–Trinajstić information content (AvgIpc) is 2.42. The fourth-order valence-corrected chi connectivity index (χ4v) is 1.79. The molecule has 1 heterocycles. The highest BCUT2D eigenvalue weighted by atomic mass is 16.2. The van der Waals surface area contributed by atoms with Crippen molar-refractivity contribution in [3.05, 3.63) is 29.8 Å². The van der Waals surface area contributed by atoms with Gasteiger partial charge in [0, 0.05) is 0 Å². The summed E-state index contributed by atoms with van der Waals surface area (Å²) in [4.78, 5) is 11.6. The van der Waals surface area contributed by atoms with Crippen molar-refractivity contribution in [2.75, 3.05) is 11.6 Å². The largest absolute Gasteiger partial charge is 0.284 e. The summed E-state index contributed by atoms with van der Waals surface area (Å²) in [5.41, 5.74) is 4.85. The molecule has 0 bridgehead atoms.